The minimum Gasteiger partial charge on any atom is -0.285 e. The molecule has 11 nitrogen and oxygen atoms in total. The molecule has 0 saturated carbocycles. The smallest absolute Gasteiger partial charge is 0.233 e. The molecule has 78 valence electrons. The van der Waals surface area contributed by atoms with Gasteiger partial charge in [-0.2, -0.15) is 10.3 Å². The van der Waals surface area contributed by atoms with Gasteiger partial charge in [0.25, 0.3) is 0 Å². The summed E-state index contributed by atoms with van der Waals surface area (Å²) >= 11 is 0. The van der Waals surface area contributed by atoms with Crippen LogP contribution in [0, 0.1) is 0 Å². The largest absolute Gasteiger partial charge is 0.285 e. The molecule has 0 aliphatic heterocycles. The van der Waals surface area contributed by atoms with Crippen LogP contribution in [-0.4, -0.2) is 40.4 Å². The molecule has 0 N–H and O–H groups in total. The summed E-state index contributed by atoms with van der Waals surface area (Å²) in [6.45, 7) is 0. The highest BCUT2D eigenvalue weighted by atomic mass is 15.6. The van der Waals surface area contributed by atoms with Gasteiger partial charge in [0, 0.05) is 7.05 Å². The minimum absolute atomic E-state index is 0.244. The van der Waals surface area contributed by atoms with Gasteiger partial charge < -0.3 is 0 Å². The Bertz CT molecular complexity index is 464. The van der Waals surface area contributed by atoms with Crippen LogP contribution < -0.4 is 0 Å². The van der Waals surface area contributed by atoms with Crippen molar-refractivity contribution in [2.75, 3.05) is 0 Å². The summed E-state index contributed by atoms with van der Waals surface area (Å²) in [6, 6.07) is 0. The van der Waals surface area contributed by atoms with Gasteiger partial charge in [-0.3, -0.25) is 4.68 Å². The highest BCUT2D eigenvalue weighted by molar-refractivity contribution is 5.26. The fraction of sp³-hybridized carbons (Fsp3) is 0.500. The summed E-state index contributed by atoms with van der Waals surface area (Å²) in [5.74, 6) is 0.489. The van der Waals surface area contributed by atoms with Crippen molar-refractivity contribution in [3.63, 3.8) is 0 Å². The summed E-state index contributed by atoms with van der Waals surface area (Å²) in [7, 11) is 3.27. The van der Waals surface area contributed by atoms with Gasteiger partial charge in [0.2, 0.25) is 5.95 Å². The van der Waals surface area contributed by atoms with Crippen LogP contribution in [0.2, 0.25) is 0 Å². The van der Waals surface area contributed by atoms with Crippen molar-refractivity contribution < 1.29 is 0 Å². The molecule has 0 atom stereocenters. The number of aromatic nitrogens is 8. The average Bonchev–Trinajstić information content (AvgIpc) is 2.78. The van der Waals surface area contributed by atoms with Gasteiger partial charge in [-0.1, -0.05) is 10.3 Å². The van der Waals surface area contributed by atoms with E-state index in [1.165, 1.54) is 9.36 Å². The first kappa shape index (κ1) is 9.11. The molecule has 0 aliphatic carbocycles. The van der Waals surface area contributed by atoms with Gasteiger partial charge in [0.1, 0.15) is 5.95 Å². The Morgan fingerprint density at radius 2 is 1.80 bits per heavy atom. The quantitative estimate of drug-likeness (QED) is 0.491. The average molecular weight is 208 g/mol. The SMILES string of the molecule is Cn1nnnc1/N=N/[N-]c1nnnn1C. The monoisotopic (exact) mass is 208 g/mol. The highest BCUT2D eigenvalue weighted by Gasteiger charge is 1.94. The molecule has 15 heavy (non-hydrogen) atoms. The van der Waals surface area contributed by atoms with E-state index < -0.39 is 0 Å². The van der Waals surface area contributed by atoms with Crippen molar-refractivity contribution in [3.05, 3.63) is 5.43 Å². The molecule has 2 heterocycles. The van der Waals surface area contributed by atoms with Crippen LogP contribution >= 0.6 is 0 Å². The second-order valence-electron chi connectivity index (χ2n) is 2.49. The lowest BCUT2D eigenvalue weighted by molar-refractivity contribution is 0.707. The lowest BCUT2D eigenvalue weighted by atomic mass is 11.0. The third-order valence-corrected chi connectivity index (χ3v) is 1.46. The fourth-order valence-corrected chi connectivity index (χ4v) is 0.721. The Balaban J connectivity index is 2.02. The molecule has 0 unspecified atom stereocenters. The highest BCUT2D eigenvalue weighted by Crippen LogP contribution is 2.13. The van der Waals surface area contributed by atoms with E-state index in [4.69, 9.17) is 0 Å². The van der Waals surface area contributed by atoms with Crippen molar-refractivity contribution in [2.24, 2.45) is 24.4 Å². The second kappa shape index (κ2) is 3.73. The van der Waals surface area contributed by atoms with Gasteiger partial charge in [0.15, 0.2) is 0 Å². The standard InChI is InChI=1S/C4H6N11/c1-14-3(7-10-12-14)5-9-6-4-8-11-13-15(4)2/h1-2H3/q-1. The molecule has 2 rings (SSSR count). The normalized spacial score (nSPS) is 11.1. The van der Waals surface area contributed by atoms with Gasteiger partial charge in [0.05, 0.1) is 0 Å². The first-order valence-electron chi connectivity index (χ1n) is 3.84. The number of hydrogen-bond acceptors (Lipinski definition) is 8. The van der Waals surface area contributed by atoms with E-state index >= 15 is 0 Å². The Morgan fingerprint density at radius 1 is 1.07 bits per heavy atom. The zero-order valence-electron chi connectivity index (χ0n) is 7.92. The number of tetrazole rings is 2. The summed E-state index contributed by atoms with van der Waals surface area (Å²) < 4.78 is 2.71. The first-order chi connectivity index (χ1) is 7.27. The summed E-state index contributed by atoms with van der Waals surface area (Å²) in [5, 5.41) is 28.2. The van der Waals surface area contributed by atoms with Crippen LogP contribution in [-0.2, 0) is 14.1 Å². The molecule has 0 fully saturated rings. The summed E-state index contributed by atoms with van der Waals surface area (Å²) in [6.07, 6.45) is 0. The second-order valence-corrected chi connectivity index (χ2v) is 2.49. The predicted molar refractivity (Wildman–Crippen MR) is 45.1 cm³/mol. The molecular formula is C4H6N11-. The fourth-order valence-electron chi connectivity index (χ4n) is 0.721. The molecule has 0 bridgehead atoms. The molecule has 2 aromatic heterocycles. The molecule has 0 amide bonds. The number of rotatable bonds is 3. The van der Waals surface area contributed by atoms with Gasteiger partial charge >= 0.3 is 0 Å². The molecule has 0 aliphatic rings. The zero-order valence-corrected chi connectivity index (χ0v) is 7.92. The topological polar surface area (TPSA) is 126 Å². The lowest BCUT2D eigenvalue weighted by Gasteiger charge is -2.00. The van der Waals surface area contributed by atoms with E-state index in [9.17, 15) is 0 Å². The summed E-state index contributed by atoms with van der Waals surface area (Å²) in [5.41, 5.74) is 3.66. The Morgan fingerprint density at radius 3 is 2.40 bits per heavy atom. The molecule has 0 spiro atoms. The van der Waals surface area contributed by atoms with Crippen molar-refractivity contribution >= 4 is 11.9 Å². The molecular weight excluding hydrogens is 202 g/mol. The van der Waals surface area contributed by atoms with E-state index in [1.807, 2.05) is 0 Å². The van der Waals surface area contributed by atoms with Crippen molar-refractivity contribution in [2.45, 2.75) is 0 Å². The Kier molecular flexibility index (Phi) is 2.26. The number of aryl methyl sites for hydroxylation is 2. The Labute approximate surface area is 83.2 Å². The third-order valence-electron chi connectivity index (χ3n) is 1.46. The molecule has 0 aromatic carbocycles. The van der Waals surface area contributed by atoms with Crippen molar-refractivity contribution in [3.8, 4) is 0 Å². The first-order valence-corrected chi connectivity index (χ1v) is 3.84. The predicted octanol–water partition coefficient (Wildman–Crippen LogP) is -0.562. The lowest BCUT2D eigenvalue weighted by Crippen LogP contribution is -1.89. The molecule has 0 saturated heterocycles. The van der Waals surface area contributed by atoms with E-state index in [-0.39, 0.29) is 11.9 Å². The molecule has 11 heteroatoms. The maximum atomic E-state index is 3.66. The van der Waals surface area contributed by atoms with E-state index in [0.29, 0.717) is 0 Å². The minimum atomic E-state index is 0.244. The maximum absolute atomic E-state index is 3.66. The van der Waals surface area contributed by atoms with Crippen LogP contribution in [0.3, 0.4) is 0 Å². The van der Waals surface area contributed by atoms with Crippen LogP contribution in [0.25, 0.3) is 5.43 Å². The zero-order chi connectivity index (χ0) is 10.7. The van der Waals surface area contributed by atoms with Crippen molar-refractivity contribution in [1.82, 2.24) is 40.4 Å². The van der Waals surface area contributed by atoms with Crippen LogP contribution in [0.1, 0.15) is 0 Å². The van der Waals surface area contributed by atoms with Crippen LogP contribution in [0.4, 0.5) is 11.9 Å². The van der Waals surface area contributed by atoms with Gasteiger partial charge in [-0.25, -0.2) is 15.2 Å². The number of nitrogens with zero attached hydrogens (tertiary/aromatic N) is 11. The van der Waals surface area contributed by atoms with Crippen molar-refractivity contribution in [1.29, 1.82) is 0 Å². The van der Waals surface area contributed by atoms with Gasteiger partial charge in [-0.05, 0) is 17.5 Å². The summed E-state index contributed by atoms with van der Waals surface area (Å²) in [4.78, 5) is 0. The maximum Gasteiger partial charge on any atom is 0.233 e. The third kappa shape index (κ3) is 1.90. The Hall–Kier alpha value is -2.46. The van der Waals surface area contributed by atoms with E-state index in [0.717, 1.165) is 0 Å². The van der Waals surface area contributed by atoms with Gasteiger partial charge in [-0.15, -0.1) is 5.21 Å². The number of hydrogen-bond donors (Lipinski definition) is 0. The van der Waals surface area contributed by atoms with Crippen LogP contribution in [0.5, 0.6) is 0 Å². The molecule has 0 radical (unpaired) electrons. The van der Waals surface area contributed by atoms with Crippen LogP contribution in [0.15, 0.2) is 10.3 Å². The van der Waals surface area contributed by atoms with E-state index in [2.05, 4.69) is 46.8 Å². The molecule has 2 aromatic rings. The van der Waals surface area contributed by atoms with E-state index in [1.54, 1.807) is 14.1 Å².